The zero-order valence-corrected chi connectivity index (χ0v) is 19.8. The van der Waals surface area contributed by atoms with E-state index in [1.54, 1.807) is 13.1 Å². The number of hydrogen-bond donors (Lipinski definition) is 3. The van der Waals surface area contributed by atoms with Gasteiger partial charge in [-0.05, 0) is 37.0 Å². The lowest BCUT2D eigenvalue weighted by Gasteiger charge is -2.30. The number of aromatic nitrogens is 1. The van der Waals surface area contributed by atoms with E-state index in [1.165, 1.54) is 16.4 Å². The van der Waals surface area contributed by atoms with Gasteiger partial charge in [0.2, 0.25) is 21.8 Å². The Balaban J connectivity index is 1.31. The Morgan fingerprint density at radius 3 is 2.57 bits per heavy atom. The molecule has 184 valence electrons. The van der Waals surface area contributed by atoms with Gasteiger partial charge >= 0.3 is 0 Å². The number of piperidine rings is 1. The van der Waals surface area contributed by atoms with E-state index >= 15 is 0 Å². The number of aryl methyl sites for hydroxylation is 1. The molecule has 0 radical (unpaired) electrons. The molecule has 0 atom stereocenters. The molecular formula is C23H25N5O6S. The number of benzene rings is 2. The van der Waals surface area contributed by atoms with Crippen LogP contribution in [0.25, 0.3) is 10.9 Å². The molecule has 2 heterocycles. The van der Waals surface area contributed by atoms with Gasteiger partial charge in [0.25, 0.3) is 5.69 Å². The summed E-state index contributed by atoms with van der Waals surface area (Å²) >= 11 is 0. The smallest absolute Gasteiger partial charge is 0.270 e. The zero-order valence-electron chi connectivity index (χ0n) is 19.0. The molecule has 0 unspecified atom stereocenters. The number of nitro groups is 1. The van der Waals surface area contributed by atoms with E-state index in [0.717, 1.165) is 22.5 Å². The molecule has 1 aromatic heterocycles. The quantitative estimate of drug-likeness (QED) is 0.349. The predicted molar refractivity (Wildman–Crippen MR) is 128 cm³/mol. The number of nitrogens with zero attached hydrogens (tertiary/aromatic N) is 2. The van der Waals surface area contributed by atoms with Crippen LogP contribution >= 0.6 is 0 Å². The molecule has 2 amide bonds. The molecule has 1 aliphatic heterocycles. The summed E-state index contributed by atoms with van der Waals surface area (Å²) in [7, 11) is -3.95. The predicted octanol–water partition coefficient (Wildman–Crippen LogP) is 2.18. The lowest BCUT2D eigenvalue weighted by Crippen LogP contribution is -2.48. The number of nitrogens with one attached hydrogen (secondary N) is 3. The highest BCUT2D eigenvalue weighted by Gasteiger charge is 2.33. The number of non-ortho nitro benzene ring substituents is 1. The molecule has 0 saturated carbocycles. The first-order valence-corrected chi connectivity index (χ1v) is 12.5. The van der Waals surface area contributed by atoms with Crippen LogP contribution in [0.1, 0.15) is 24.0 Å². The van der Waals surface area contributed by atoms with Crippen molar-refractivity contribution < 1.29 is 22.9 Å². The molecule has 12 heteroatoms. The van der Waals surface area contributed by atoms with Crippen molar-refractivity contribution in [1.29, 1.82) is 0 Å². The van der Waals surface area contributed by atoms with Gasteiger partial charge in [0.15, 0.2) is 0 Å². The van der Waals surface area contributed by atoms with Crippen LogP contribution in [-0.2, 0) is 26.0 Å². The highest BCUT2D eigenvalue weighted by molar-refractivity contribution is 7.89. The van der Waals surface area contributed by atoms with E-state index in [0.29, 0.717) is 5.56 Å². The lowest BCUT2D eigenvalue weighted by atomic mass is 9.98. The third-order valence-corrected chi connectivity index (χ3v) is 8.22. The van der Waals surface area contributed by atoms with E-state index in [1.807, 2.05) is 24.3 Å². The number of hydrogen-bond acceptors (Lipinski definition) is 6. The molecule has 1 aliphatic rings. The van der Waals surface area contributed by atoms with Gasteiger partial charge in [0.1, 0.15) is 0 Å². The van der Waals surface area contributed by atoms with E-state index in [2.05, 4.69) is 15.8 Å². The molecule has 1 fully saturated rings. The Morgan fingerprint density at radius 2 is 1.86 bits per heavy atom. The number of hydrazine groups is 1. The van der Waals surface area contributed by atoms with E-state index in [4.69, 9.17) is 0 Å². The highest BCUT2D eigenvalue weighted by Crippen LogP contribution is 2.28. The Kier molecular flexibility index (Phi) is 6.85. The van der Waals surface area contributed by atoms with Gasteiger partial charge < -0.3 is 4.98 Å². The standard InChI is InChI=1S/C23H25N5O6S/c1-15-6-7-18(28(31)32)13-21(15)35(33,34)27-10-8-16(9-11-27)23(30)26-25-22(29)12-17-14-24-20-5-3-2-4-19(17)20/h2-7,13-14,16,24H,8-12H2,1H3,(H,25,29)(H,26,30). The first-order valence-electron chi connectivity index (χ1n) is 11.1. The number of fused-ring (bicyclic) bond motifs is 1. The first kappa shape index (κ1) is 24.4. The van der Waals surface area contributed by atoms with Gasteiger partial charge in [0.05, 0.1) is 16.2 Å². The average Bonchev–Trinajstić information content (AvgIpc) is 3.25. The molecule has 4 rings (SSSR count). The fourth-order valence-corrected chi connectivity index (χ4v) is 5.92. The molecule has 1 saturated heterocycles. The molecular weight excluding hydrogens is 474 g/mol. The third-order valence-electron chi connectivity index (χ3n) is 6.18. The topological polar surface area (TPSA) is 155 Å². The summed E-state index contributed by atoms with van der Waals surface area (Å²) in [6.07, 6.45) is 2.36. The van der Waals surface area contributed by atoms with Crippen LogP contribution in [0.3, 0.4) is 0 Å². The summed E-state index contributed by atoms with van der Waals surface area (Å²) in [5.41, 5.74) is 6.70. The summed E-state index contributed by atoms with van der Waals surface area (Å²) in [6.45, 7) is 1.76. The monoisotopic (exact) mass is 499 g/mol. The third kappa shape index (κ3) is 5.17. The van der Waals surface area contributed by atoms with E-state index in [9.17, 15) is 28.1 Å². The van der Waals surface area contributed by atoms with Crippen molar-refractivity contribution in [2.45, 2.75) is 31.1 Å². The van der Waals surface area contributed by atoms with Crippen LogP contribution in [0.15, 0.2) is 53.6 Å². The number of sulfonamides is 1. The minimum Gasteiger partial charge on any atom is -0.361 e. The van der Waals surface area contributed by atoms with Crippen LogP contribution in [0, 0.1) is 23.0 Å². The zero-order chi connectivity index (χ0) is 25.2. The maximum atomic E-state index is 13.1. The van der Waals surface area contributed by atoms with Gasteiger partial charge in [0, 0.05) is 48.2 Å². The number of para-hydroxylation sites is 1. The van der Waals surface area contributed by atoms with Gasteiger partial charge in [-0.15, -0.1) is 0 Å². The van der Waals surface area contributed by atoms with Crippen molar-refractivity contribution in [3.63, 3.8) is 0 Å². The van der Waals surface area contributed by atoms with Gasteiger partial charge in [-0.25, -0.2) is 8.42 Å². The maximum absolute atomic E-state index is 13.1. The molecule has 0 aliphatic carbocycles. The average molecular weight is 500 g/mol. The minimum atomic E-state index is -3.95. The summed E-state index contributed by atoms with van der Waals surface area (Å²) in [6, 6.07) is 11.3. The van der Waals surface area contributed by atoms with Crippen molar-refractivity contribution in [3.05, 3.63) is 69.9 Å². The number of H-pyrrole nitrogens is 1. The number of amides is 2. The summed E-state index contributed by atoms with van der Waals surface area (Å²) < 4.78 is 27.4. The molecule has 0 bridgehead atoms. The van der Waals surface area contributed by atoms with Crippen molar-refractivity contribution in [2.75, 3.05) is 13.1 Å². The Hall–Kier alpha value is -3.77. The summed E-state index contributed by atoms with van der Waals surface area (Å²) in [4.78, 5) is 38.3. The number of rotatable bonds is 6. The van der Waals surface area contributed by atoms with Crippen molar-refractivity contribution in [2.24, 2.45) is 5.92 Å². The van der Waals surface area contributed by atoms with Crippen molar-refractivity contribution >= 4 is 38.4 Å². The van der Waals surface area contributed by atoms with E-state index in [-0.39, 0.29) is 54.7 Å². The van der Waals surface area contributed by atoms with Crippen LogP contribution in [0.5, 0.6) is 0 Å². The van der Waals surface area contributed by atoms with E-state index < -0.39 is 20.9 Å². The summed E-state index contributed by atoms with van der Waals surface area (Å²) in [5, 5.41) is 12.0. The number of aromatic amines is 1. The molecule has 3 N–H and O–H groups in total. The largest absolute Gasteiger partial charge is 0.361 e. The van der Waals surface area contributed by atoms with Crippen LogP contribution in [0.2, 0.25) is 0 Å². The molecule has 11 nitrogen and oxygen atoms in total. The summed E-state index contributed by atoms with van der Waals surface area (Å²) in [5.74, 6) is -1.23. The second-order valence-corrected chi connectivity index (χ2v) is 10.4. The maximum Gasteiger partial charge on any atom is 0.270 e. The molecule has 35 heavy (non-hydrogen) atoms. The minimum absolute atomic E-state index is 0.0869. The van der Waals surface area contributed by atoms with Gasteiger partial charge in [-0.1, -0.05) is 24.3 Å². The highest BCUT2D eigenvalue weighted by atomic mass is 32.2. The van der Waals surface area contributed by atoms with Crippen LogP contribution in [-0.4, -0.2) is 47.5 Å². The number of carbonyl (C=O) groups excluding carboxylic acids is 2. The SMILES string of the molecule is Cc1ccc([N+](=O)[O-])cc1S(=O)(=O)N1CCC(C(=O)NNC(=O)Cc2c[nH]c3ccccc23)CC1. The molecule has 0 spiro atoms. The molecule has 2 aromatic carbocycles. The van der Waals surface area contributed by atoms with Gasteiger partial charge in [-0.2, -0.15) is 4.31 Å². The lowest BCUT2D eigenvalue weighted by molar-refractivity contribution is -0.385. The first-order chi connectivity index (χ1) is 16.7. The van der Waals surface area contributed by atoms with Crippen molar-refractivity contribution in [1.82, 2.24) is 20.1 Å². The Bertz CT molecular complexity index is 1390. The van der Waals surface area contributed by atoms with Crippen LogP contribution in [0.4, 0.5) is 5.69 Å². The molecule has 3 aromatic rings. The van der Waals surface area contributed by atoms with Gasteiger partial charge in [-0.3, -0.25) is 30.6 Å². The van der Waals surface area contributed by atoms with Crippen LogP contribution < -0.4 is 10.9 Å². The Morgan fingerprint density at radius 1 is 1.14 bits per heavy atom. The second-order valence-electron chi connectivity index (χ2n) is 8.46. The number of nitro benzene ring substituents is 1. The Labute approximate surface area is 201 Å². The number of carbonyl (C=O) groups is 2. The van der Waals surface area contributed by atoms with Crippen molar-refractivity contribution in [3.8, 4) is 0 Å². The normalized spacial score (nSPS) is 15.1. The fraction of sp³-hybridized carbons (Fsp3) is 0.304. The second kappa shape index (κ2) is 9.84. The fourth-order valence-electron chi connectivity index (χ4n) is 4.21.